The van der Waals surface area contributed by atoms with Gasteiger partial charge in [-0.15, -0.1) is 0 Å². The summed E-state index contributed by atoms with van der Waals surface area (Å²) in [6.07, 6.45) is 6.97. The number of rotatable bonds is 3. The third kappa shape index (κ3) is 2.82. The third-order valence-corrected chi connectivity index (χ3v) is 6.40. The number of hydrogen-bond acceptors (Lipinski definition) is 3. The van der Waals surface area contributed by atoms with Gasteiger partial charge in [0.15, 0.2) is 6.04 Å². The van der Waals surface area contributed by atoms with Gasteiger partial charge in [0, 0.05) is 24.2 Å². The van der Waals surface area contributed by atoms with E-state index in [1.54, 1.807) is 30.3 Å². The third-order valence-electron chi connectivity index (χ3n) is 4.65. The van der Waals surface area contributed by atoms with Crippen molar-refractivity contribution in [3.63, 3.8) is 0 Å². The van der Waals surface area contributed by atoms with Gasteiger partial charge in [-0.25, -0.2) is 8.42 Å². The number of sulfonamides is 1. The highest BCUT2D eigenvalue weighted by atomic mass is 32.2. The van der Waals surface area contributed by atoms with Crippen molar-refractivity contribution in [3.8, 4) is 11.8 Å². The van der Waals surface area contributed by atoms with E-state index in [1.807, 2.05) is 54.2 Å². The largest absolute Gasteiger partial charge is 0.323 e. The molecule has 0 saturated heterocycles. The molecule has 2 aromatic carbocycles. The molecule has 0 bridgehead atoms. The summed E-state index contributed by atoms with van der Waals surface area (Å²) < 4.78 is 29.4. The Morgan fingerprint density at radius 3 is 2.37 bits per heavy atom. The molecule has 0 aliphatic carbocycles. The van der Waals surface area contributed by atoms with Crippen LogP contribution in [0.3, 0.4) is 0 Å². The summed E-state index contributed by atoms with van der Waals surface area (Å²) >= 11 is 0. The lowest BCUT2D eigenvalue weighted by Gasteiger charge is -2.31. The molecule has 0 radical (unpaired) electrons. The lowest BCUT2D eigenvalue weighted by atomic mass is 9.96. The summed E-state index contributed by atoms with van der Waals surface area (Å²) in [5.74, 6) is 0. The maximum Gasteiger partial charge on any atom is 0.265 e. The molecule has 0 fully saturated rings. The number of nitriles is 1. The summed E-state index contributed by atoms with van der Waals surface area (Å²) in [6.45, 7) is 1.90. The lowest BCUT2D eigenvalue weighted by molar-refractivity contribution is 0.460. The van der Waals surface area contributed by atoms with E-state index >= 15 is 0 Å². The van der Waals surface area contributed by atoms with Gasteiger partial charge in [-0.1, -0.05) is 29.8 Å². The highest BCUT2D eigenvalue weighted by molar-refractivity contribution is 7.89. The Morgan fingerprint density at radius 1 is 1.00 bits per heavy atom. The fourth-order valence-corrected chi connectivity index (χ4v) is 4.65. The van der Waals surface area contributed by atoms with Gasteiger partial charge < -0.3 is 4.57 Å². The number of hydrogen-bond donors (Lipinski definition) is 0. The molecule has 0 amide bonds. The monoisotopic (exact) mass is 375 g/mol. The second kappa shape index (κ2) is 6.45. The minimum atomic E-state index is -3.85. The van der Waals surface area contributed by atoms with Crippen molar-refractivity contribution in [2.75, 3.05) is 0 Å². The minimum absolute atomic E-state index is 0.167. The van der Waals surface area contributed by atoms with E-state index in [-0.39, 0.29) is 4.90 Å². The molecule has 27 heavy (non-hydrogen) atoms. The van der Waals surface area contributed by atoms with Crippen LogP contribution >= 0.6 is 0 Å². The standard InChI is InChI=1S/C21H17N3O2S/c1-16-7-9-18(10-8-16)27(25,26)24-14-11-17-5-4-6-19(21(17)20(24)15-22)23-12-2-3-13-23/h2-14,20H,1H3. The van der Waals surface area contributed by atoms with Crippen molar-refractivity contribution in [1.82, 2.24) is 8.87 Å². The van der Waals surface area contributed by atoms with E-state index in [4.69, 9.17) is 0 Å². The zero-order valence-corrected chi connectivity index (χ0v) is 15.5. The first-order valence-corrected chi connectivity index (χ1v) is 9.90. The van der Waals surface area contributed by atoms with Crippen LogP contribution in [0.5, 0.6) is 0 Å². The van der Waals surface area contributed by atoms with E-state index in [9.17, 15) is 13.7 Å². The van der Waals surface area contributed by atoms with E-state index < -0.39 is 16.1 Å². The summed E-state index contributed by atoms with van der Waals surface area (Å²) in [7, 11) is -3.85. The Balaban J connectivity index is 1.87. The van der Waals surface area contributed by atoms with Gasteiger partial charge >= 0.3 is 0 Å². The van der Waals surface area contributed by atoms with Crippen LogP contribution in [-0.4, -0.2) is 17.3 Å². The lowest BCUT2D eigenvalue weighted by Crippen LogP contribution is -2.32. The van der Waals surface area contributed by atoms with E-state index in [1.165, 1.54) is 6.20 Å². The van der Waals surface area contributed by atoms with Crippen LogP contribution in [0.4, 0.5) is 0 Å². The second-order valence-electron chi connectivity index (χ2n) is 6.37. The van der Waals surface area contributed by atoms with Gasteiger partial charge in [-0.05, 0) is 48.9 Å². The van der Waals surface area contributed by atoms with E-state index in [0.29, 0.717) is 5.56 Å². The van der Waals surface area contributed by atoms with Gasteiger partial charge in [0.25, 0.3) is 10.0 Å². The Kier molecular flexibility index (Phi) is 4.09. The van der Waals surface area contributed by atoms with Crippen LogP contribution in [0.15, 0.2) is 78.1 Å². The smallest absolute Gasteiger partial charge is 0.265 e. The van der Waals surface area contributed by atoms with Crippen molar-refractivity contribution in [1.29, 1.82) is 5.26 Å². The van der Waals surface area contributed by atoms with Gasteiger partial charge in [0.1, 0.15) is 0 Å². The maximum absolute atomic E-state index is 13.2. The number of aryl methyl sites for hydroxylation is 1. The molecule has 0 spiro atoms. The Morgan fingerprint density at radius 2 is 1.70 bits per heavy atom. The number of fused-ring (bicyclic) bond motifs is 1. The van der Waals surface area contributed by atoms with Crippen molar-refractivity contribution in [2.45, 2.75) is 17.9 Å². The predicted molar refractivity (Wildman–Crippen MR) is 103 cm³/mol. The molecule has 1 aliphatic rings. The van der Waals surface area contributed by atoms with Crippen LogP contribution in [0.25, 0.3) is 11.8 Å². The topological polar surface area (TPSA) is 66.1 Å². The van der Waals surface area contributed by atoms with Gasteiger partial charge in [0.05, 0.1) is 16.7 Å². The molecule has 134 valence electrons. The summed E-state index contributed by atoms with van der Waals surface area (Å²) in [4.78, 5) is 0.167. The summed E-state index contributed by atoms with van der Waals surface area (Å²) in [5, 5.41) is 9.89. The summed E-state index contributed by atoms with van der Waals surface area (Å²) in [6, 6.07) is 17.3. The Labute approximate surface area is 158 Å². The van der Waals surface area contributed by atoms with Crippen LogP contribution in [0.1, 0.15) is 22.7 Å². The highest BCUT2D eigenvalue weighted by Gasteiger charge is 2.35. The van der Waals surface area contributed by atoms with Gasteiger partial charge in [0.2, 0.25) is 0 Å². The van der Waals surface area contributed by atoms with Crippen LogP contribution < -0.4 is 0 Å². The molecular formula is C21H17N3O2S. The zero-order valence-electron chi connectivity index (χ0n) is 14.6. The molecule has 1 aliphatic heterocycles. The van der Waals surface area contributed by atoms with Crippen molar-refractivity contribution in [3.05, 3.63) is 89.9 Å². The average molecular weight is 375 g/mol. The highest BCUT2D eigenvalue weighted by Crippen LogP contribution is 2.37. The second-order valence-corrected chi connectivity index (χ2v) is 8.21. The van der Waals surface area contributed by atoms with Crippen LogP contribution in [0, 0.1) is 18.3 Å². The molecule has 6 heteroatoms. The molecule has 1 atom stereocenters. The first-order chi connectivity index (χ1) is 13.0. The molecule has 5 nitrogen and oxygen atoms in total. The molecule has 2 heterocycles. The average Bonchev–Trinajstić information content (AvgIpc) is 3.21. The SMILES string of the molecule is Cc1ccc(S(=O)(=O)N2C=Cc3cccc(-n4cccc4)c3C2C#N)cc1. The molecule has 0 N–H and O–H groups in total. The normalized spacial score (nSPS) is 16.0. The van der Waals surface area contributed by atoms with Gasteiger partial charge in [-0.3, -0.25) is 4.31 Å². The van der Waals surface area contributed by atoms with E-state index in [0.717, 1.165) is 21.1 Å². The Bertz CT molecular complexity index is 1160. The van der Waals surface area contributed by atoms with Crippen molar-refractivity contribution >= 4 is 16.1 Å². The maximum atomic E-state index is 13.2. The number of aromatic nitrogens is 1. The van der Waals surface area contributed by atoms with Crippen LogP contribution in [0.2, 0.25) is 0 Å². The van der Waals surface area contributed by atoms with Crippen molar-refractivity contribution < 1.29 is 8.42 Å². The molecule has 4 rings (SSSR count). The molecule has 1 unspecified atom stereocenters. The Hall–Kier alpha value is -3.30. The van der Waals surface area contributed by atoms with Gasteiger partial charge in [-0.2, -0.15) is 5.26 Å². The quantitative estimate of drug-likeness (QED) is 0.694. The summed E-state index contributed by atoms with van der Waals surface area (Å²) in [5.41, 5.74) is 3.27. The minimum Gasteiger partial charge on any atom is -0.323 e. The molecule has 0 saturated carbocycles. The van der Waals surface area contributed by atoms with Crippen LogP contribution in [-0.2, 0) is 10.0 Å². The van der Waals surface area contributed by atoms with E-state index in [2.05, 4.69) is 6.07 Å². The fraction of sp³-hybridized carbons (Fsp3) is 0.0952. The first kappa shape index (κ1) is 17.1. The molecule has 1 aromatic heterocycles. The van der Waals surface area contributed by atoms with Crippen molar-refractivity contribution in [2.24, 2.45) is 0 Å². The number of nitrogens with zero attached hydrogens (tertiary/aromatic N) is 3. The zero-order chi connectivity index (χ0) is 19.0. The number of benzene rings is 2. The fourth-order valence-electron chi connectivity index (χ4n) is 3.27. The molecular weight excluding hydrogens is 358 g/mol. The molecule has 3 aromatic rings. The predicted octanol–water partition coefficient (Wildman–Crippen LogP) is 4.03. The first-order valence-electron chi connectivity index (χ1n) is 8.46.